The lowest BCUT2D eigenvalue weighted by Gasteiger charge is -2.50. The molecule has 0 bridgehead atoms. The highest BCUT2D eigenvalue weighted by Crippen LogP contribution is 2.62. The van der Waals surface area contributed by atoms with Crippen molar-refractivity contribution in [3.8, 4) is 5.75 Å². The summed E-state index contributed by atoms with van der Waals surface area (Å²) in [6.45, 7) is 4.29. The number of oxime groups is 1. The predicted octanol–water partition coefficient (Wildman–Crippen LogP) is 4.54. The number of benzene rings is 1. The number of aromatic nitrogens is 1. The van der Waals surface area contributed by atoms with Gasteiger partial charge in [-0.3, -0.25) is 4.79 Å². The SMILES string of the molecule is CO/N=C1\CC(CCC(=O)Nc2ncc(C)s2)C2C3CCc4cc(OS(N)(=O)=O)ccc4C3CCC12C. The van der Waals surface area contributed by atoms with Crippen LogP contribution in [0, 0.1) is 30.1 Å². The zero-order chi connectivity index (χ0) is 26.4. The number of carbonyl (C=O) groups excluding carboxylic acids is 1. The zero-order valence-electron chi connectivity index (χ0n) is 21.4. The fourth-order valence-electron chi connectivity index (χ4n) is 7.25. The minimum atomic E-state index is -4.06. The number of carbonyl (C=O) groups is 1. The molecule has 9 nitrogen and oxygen atoms in total. The van der Waals surface area contributed by atoms with Gasteiger partial charge in [-0.05, 0) is 92.4 Å². The molecule has 0 radical (unpaired) electrons. The Bertz CT molecular complexity index is 1320. The van der Waals surface area contributed by atoms with Gasteiger partial charge in [-0.2, -0.15) is 13.6 Å². The Hall–Kier alpha value is -2.50. The van der Waals surface area contributed by atoms with E-state index in [1.54, 1.807) is 19.4 Å². The van der Waals surface area contributed by atoms with Gasteiger partial charge in [0.1, 0.15) is 12.9 Å². The summed E-state index contributed by atoms with van der Waals surface area (Å²) >= 11 is 1.48. The molecule has 5 rings (SSSR count). The lowest BCUT2D eigenvalue weighted by Crippen LogP contribution is -2.44. The Balaban J connectivity index is 1.37. The van der Waals surface area contributed by atoms with Crippen molar-refractivity contribution in [3.63, 3.8) is 0 Å². The topological polar surface area (TPSA) is 133 Å². The van der Waals surface area contributed by atoms with Crippen molar-refractivity contribution < 1.29 is 22.2 Å². The van der Waals surface area contributed by atoms with Crippen LogP contribution in [0.2, 0.25) is 0 Å². The van der Waals surface area contributed by atoms with E-state index in [0.717, 1.165) is 54.7 Å². The molecule has 1 aromatic heterocycles. The first-order chi connectivity index (χ1) is 17.6. The van der Waals surface area contributed by atoms with E-state index in [1.165, 1.54) is 16.9 Å². The van der Waals surface area contributed by atoms with Crippen molar-refractivity contribution in [1.82, 2.24) is 4.98 Å². The minimum Gasteiger partial charge on any atom is -0.399 e. The van der Waals surface area contributed by atoms with Crippen molar-refractivity contribution in [2.45, 2.75) is 64.7 Å². The number of hydrogen-bond acceptors (Lipinski definition) is 8. The Morgan fingerprint density at radius 1 is 1.35 bits per heavy atom. The standard InChI is InChI=1S/C26H34N4O5S2/c1-15-14-28-25(36-15)29-23(31)9-5-17-13-22(30-34-3)26(2)11-10-20-19-8-6-18(35-37(27,32)33)12-16(19)4-7-21(20)24(17)26/h6,8,12,14,17,20-21,24H,4-5,7,9-11,13H2,1-3H3,(H2,27,32,33)(H,28,29,31)/b30-22+. The van der Waals surface area contributed by atoms with E-state index in [4.69, 9.17) is 14.2 Å². The van der Waals surface area contributed by atoms with Gasteiger partial charge < -0.3 is 14.3 Å². The second-order valence-corrected chi connectivity index (χ2v) is 13.2. The predicted molar refractivity (Wildman–Crippen MR) is 143 cm³/mol. The van der Waals surface area contributed by atoms with Crippen LogP contribution in [0.4, 0.5) is 5.13 Å². The van der Waals surface area contributed by atoms with Crippen LogP contribution >= 0.6 is 11.3 Å². The quantitative estimate of drug-likeness (QED) is 0.490. The maximum atomic E-state index is 12.7. The van der Waals surface area contributed by atoms with E-state index in [-0.39, 0.29) is 17.1 Å². The second kappa shape index (κ2) is 9.99. The highest BCUT2D eigenvalue weighted by Gasteiger charge is 2.57. The van der Waals surface area contributed by atoms with Gasteiger partial charge in [-0.1, -0.05) is 18.1 Å². The highest BCUT2D eigenvalue weighted by atomic mass is 32.2. The monoisotopic (exact) mass is 546 g/mol. The first-order valence-electron chi connectivity index (χ1n) is 12.7. The normalized spacial score (nSPS) is 29.8. The number of fused-ring (bicyclic) bond motifs is 5. The van der Waals surface area contributed by atoms with Crippen LogP contribution in [0.5, 0.6) is 5.75 Å². The molecule has 3 aliphatic rings. The summed E-state index contributed by atoms with van der Waals surface area (Å²) in [5, 5.41) is 13.1. The summed E-state index contributed by atoms with van der Waals surface area (Å²) in [7, 11) is -2.46. The van der Waals surface area contributed by atoms with Crippen molar-refractivity contribution in [2.24, 2.45) is 33.5 Å². The number of aryl methyl sites for hydroxylation is 2. The van der Waals surface area contributed by atoms with Crippen molar-refractivity contribution in [1.29, 1.82) is 0 Å². The molecule has 0 saturated heterocycles. The van der Waals surface area contributed by atoms with Crippen LogP contribution in [0.25, 0.3) is 0 Å². The third-order valence-electron chi connectivity index (χ3n) is 8.60. The molecule has 3 N–H and O–H groups in total. The minimum absolute atomic E-state index is 0.00285. The molecule has 5 unspecified atom stereocenters. The molecule has 3 aliphatic carbocycles. The summed E-state index contributed by atoms with van der Waals surface area (Å²) in [4.78, 5) is 23.3. The summed E-state index contributed by atoms with van der Waals surface area (Å²) in [6, 6.07) is 5.53. The van der Waals surface area contributed by atoms with Crippen LogP contribution in [0.1, 0.15) is 67.4 Å². The third-order valence-corrected chi connectivity index (χ3v) is 9.85. The van der Waals surface area contributed by atoms with Crippen LogP contribution in [-0.2, 0) is 26.4 Å². The lowest BCUT2D eigenvalue weighted by atomic mass is 9.54. The average molecular weight is 547 g/mol. The van der Waals surface area contributed by atoms with Crippen LogP contribution in [-0.4, -0.2) is 32.1 Å². The maximum absolute atomic E-state index is 12.7. The molecule has 200 valence electrons. The zero-order valence-corrected chi connectivity index (χ0v) is 23.0. The van der Waals surface area contributed by atoms with Crippen LogP contribution in [0.15, 0.2) is 29.6 Å². The van der Waals surface area contributed by atoms with Crippen molar-refractivity contribution >= 4 is 38.4 Å². The lowest BCUT2D eigenvalue weighted by molar-refractivity contribution is -0.116. The number of thiazole rings is 1. The van der Waals surface area contributed by atoms with Gasteiger partial charge in [0.25, 0.3) is 0 Å². The van der Waals surface area contributed by atoms with Gasteiger partial charge in [-0.15, -0.1) is 11.3 Å². The van der Waals surface area contributed by atoms with Crippen molar-refractivity contribution in [3.05, 3.63) is 40.4 Å². The van der Waals surface area contributed by atoms with E-state index >= 15 is 0 Å². The van der Waals surface area contributed by atoms with E-state index in [0.29, 0.717) is 35.2 Å². The molecular formula is C26H34N4O5S2. The number of nitrogens with zero attached hydrogens (tertiary/aromatic N) is 2. The number of amides is 1. The number of nitrogens with two attached hydrogens (primary N) is 1. The number of nitrogens with one attached hydrogen (secondary N) is 1. The number of anilines is 1. The molecule has 0 spiro atoms. The number of hydrogen-bond donors (Lipinski definition) is 2. The fraction of sp³-hybridized carbons (Fsp3) is 0.577. The van der Waals surface area contributed by atoms with Gasteiger partial charge in [0, 0.05) is 22.9 Å². The van der Waals surface area contributed by atoms with Gasteiger partial charge in [0.2, 0.25) is 5.91 Å². The summed E-state index contributed by atoms with van der Waals surface area (Å²) < 4.78 is 27.7. The summed E-state index contributed by atoms with van der Waals surface area (Å²) in [6.07, 6.45) is 7.71. The first-order valence-corrected chi connectivity index (χ1v) is 15.0. The number of rotatable bonds is 7. The summed E-state index contributed by atoms with van der Waals surface area (Å²) in [5.74, 6) is 1.81. The molecule has 37 heavy (non-hydrogen) atoms. The van der Waals surface area contributed by atoms with Gasteiger partial charge in [0.15, 0.2) is 5.13 Å². The average Bonchev–Trinajstić information content (AvgIpc) is 3.36. The molecule has 0 aliphatic heterocycles. The highest BCUT2D eigenvalue weighted by molar-refractivity contribution is 7.84. The van der Waals surface area contributed by atoms with E-state index < -0.39 is 10.3 Å². The molecule has 11 heteroatoms. The molecule has 1 aromatic carbocycles. The maximum Gasteiger partial charge on any atom is 0.380 e. The molecule has 2 saturated carbocycles. The van der Waals surface area contributed by atoms with E-state index in [1.807, 2.05) is 19.1 Å². The Labute approximate surface area is 222 Å². The fourth-order valence-corrected chi connectivity index (χ4v) is 8.31. The van der Waals surface area contributed by atoms with E-state index in [2.05, 4.69) is 22.4 Å². The van der Waals surface area contributed by atoms with Gasteiger partial charge >= 0.3 is 10.3 Å². The molecule has 5 atom stereocenters. The van der Waals surface area contributed by atoms with Crippen LogP contribution in [0.3, 0.4) is 0 Å². The first kappa shape index (κ1) is 26.1. The molecule has 2 aromatic rings. The molecule has 1 amide bonds. The van der Waals surface area contributed by atoms with Crippen LogP contribution < -0.4 is 14.6 Å². The summed E-state index contributed by atoms with van der Waals surface area (Å²) in [5.41, 5.74) is 3.46. The molecular weight excluding hydrogens is 512 g/mol. The Morgan fingerprint density at radius 3 is 2.86 bits per heavy atom. The van der Waals surface area contributed by atoms with Gasteiger partial charge in [0.05, 0.1) is 5.71 Å². The molecule has 1 heterocycles. The van der Waals surface area contributed by atoms with E-state index in [9.17, 15) is 13.2 Å². The largest absolute Gasteiger partial charge is 0.399 e. The smallest absolute Gasteiger partial charge is 0.380 e. The van der Waals surface area contributed by atoms with Gasteiger partial charge in [-0.25, -0.2) is 4.98 Å². The Kier molecular flexibility index (Phi) is 7.06. The molecule has 2 fully saturated rings. The Morgan fingerprint density at radius 2 is 2.16 bits per heavy atom. The van der Waals surface area contributed by atoms with Crippen molar-refractivity contribution in [2.75, 3.05) is 12.4 Å². The third kappa shape index (κ3) is 5.26. The second-order valence-electron chi connectivity index (χ2n) is 10.8.